The highest BCUT2D eigenvalue weighted by Crippen LogP contribution is 2.18. The number of hydrogen-bond donors (Lipinski definition) is 1. The third kappa shape index (κ3) is 1.33. The molecule has 0 amide bonds. The third-order valence-corrected chi connectivity index (χ3v) is 1.95. The van der Waals surface area contributed by atoms with E-state index in [1.807, 2.05) is 0 Å². The molecular formula is C9H6ClNO3. The van der Waals surface area contributed by atoms with Gasteiger partial charge >= 0.3 is 11.4 Å². The lowest BCUT2D eigenvalue weighted by molar-refractivity contribution is 0.460. The molecule has 2 aromatic rings. The Kier molecular flexibility index (Phi) is 1.29. The van der Waals surface area contributed by atoms with Crippen molar-refractivity contribution in [2.24, 2.45) is 0 Å². The lowest BCUT2D eigenvalue weighted by atomic mass is 10.1. The molecule has 1 N–H and O–H groups in total. The van der Waals surface area contributed by atoms with Gasteiger partial charge in [0.2, 0.25) is 0 Å². The zero-order chi connectivity index (χ0) is 12.8. The maximum atomic E-state index is 11.4. The van der Waals surface area contributed by atoms with Crippen molar-refractivity contribution in [2.75, 3.05) is 0 Å². The average Bonchev–Trinajstić information content (AvgIpc) is 2.16. The highest BCUT2D eigenvalue weighted by Gasteiger charge is 2.06. The molecule has 0 spiro atoms. The standard InChI is InChI=1S/C9H6ClNO3/c1-4-2-5(10)3-6-7(4)11-9(13)14-8(6)12/h2-3H,1H3,(H,11,13)/i1D3. The Balaban J connectivity index is 3.03. The molecule has 0 saturated carbocycles. The summed E-state index contributed by atoms with van der Waals surface area (Å²) in [4.78, 5) is 24.6. The molecule has 72 valence electrons. The van der Waals surface area contributed by atoms with E-state index in [0.29, 0.717) is 0 Å². The number of aryl methyl sites for hydroxylation is 1. The number of fused-ring (bicyclic) bond motifs is 1. The van der Waals surface area contributed by atoms with E-state index in [1.165, 1.54) is 12.1 Å². The van der Waals surface area contributed by atoms with E-state index in [0.717, 1.165) is 0 Å². The van der Waals surface area contributed by atoms with Gasteiger partial charge in [0.15, 0.2) is 0 Å². The Hall–Kier alpha value is -1.55. The molecule has 0 unspecified atom stereocenters. The van der Waals surface area contributed by atoms with Crippen LogP contribution in [0.3, 0.4) is 0 Å². The Bertz CT molecular complexity index is 701. The molecule has 1 heterocycles. The summed E-state index contributed by atoms with van der Waals surface area (Å²) >= 11 is 5.72. The van der Waals surface area contributed by atoms with Crippen LogP contribution in [0.25, 0.3) is 10.9 Å². The second-order valence-electron chi connectivity index (χ2n) is 2.68. The van der Waals surface area contributed by atoms with Gasteiger partial charge in [0.05, 0.1) is 10.9 Å². The number of H-pyrrole nitrogens is 1. The van der Waals surface area contributed by atoms with E-state index in [9.17, 15) is 9.59 Å². The Morgan fingerprint density at radius 3 is 3.00 bits per heavy atom. The fourth-order valence-corrected chi connectivity index (χ4v) is 1.39. The van der Waals surface area contributed by atoms with Crippen molar-refractivity contribution in [1.82, 2.24) is 4.98 Å². The first-order valence-electron chi connectivity index (χ1n) is 5.16. The second-order valence-corrected chi connectivity index (χ2v) is 3.11. The smallest absolute Gasteiger partial charge is 0.372 e. The van der Waals surface area contributed by atoms with Crippen LogP contribution in [-0.4, -0.2) is 4.98 Å². The van der Waals surface area contributed by atoms with Crippen LogP contribution in [0.1, 0.15) is 9.68 Å². The predicted molar refractivity (Wildman–Crippen MR) is 52.9 cm³/mol. The van der Waals surface area contributed by atoms with Crippen LogP contribution in [0.4, 0.5) is 0 Å². The maximum absolute atomic E-state index is 11.4. The van der Waals surface area contributed by atoms with E-state index in [4.69, 9.17) is 15.7 Å². The van der Waals surface area contributed by atoms with Gasteiger partial charge < -0.3 is 4.42 Å². The molecule has 0 aliphatic rings. The number of hydrogen-bond acceptors (Lipinski definition) is 3. The molecule has 0 fully saturated rings. The highest BCUT2D eigenvalue weighted by atomic mass is 35.5. The first-order chi connectivity index (χ1) is 7.79. The van der Waals surface area contributed by atoms with Gasteiger partial charge in [0.1, 0.15) is 0 Å². The molecule has 0 aliphatic heterocycles. The normalized spacial score (nSPS) is 14.8. The van der Waals surface area contributed by atoms with Gasteiger partial charge in [-0.25, -0.2) is 9.59 Å². The summed E-state index contributed by atoms with van der Waals surface area (Å²) in [6.07, 6.45) is 0. The van der Waals surface area contributed by atoms with Gasteiger partial charge in [0, 0.05) is 9.13 Å². The number of benzene rings is 1. The first kappa shape index (κ1) is 6.03. The number of aromatic amines is 1. The van der Waals surface area contributed by atoms with Gasteiger partial charge in [-0.2, -0.15) is 0 Å². The van der Waals surface area contributed by atoms with Gasteiger partial charge in [-0.05, 0) is 24.5 Å². The summed E-state index contributed by atoms with van der Waals surface area (Å²) in [5.74, 6) is -1.00. The maximum Gasteiger partial charge on any atom is 0.419 e. The molecule has 4 nitrogen and oxygen atoms in total. The molecule has 0 aliphatic carbocycles. The van der Waals surface area contributed by atoms with E-state index in [1.54, 1.807) is 0 Å². The van der Waals surface area contributed by atoms with Crippen molar-refractivity contribution in [3.8, 4) is 0 Å². The van der Waals surface area contributed by atoms with Crippen molar-refractivity contribution >= 4 is 22.5 Å². The van der Waals surface area contributed by atoms with Crippen LogP contribution in [0.5, 0.6) is 0 Å². The number of nitrogens with one attached hydrogen (secondary N) is 1. The van der Waals surface area contributed by atoms with Crippen LogP contribution in [0, 0.1) is 6.85 Å². The van der Waals surface area contributed by atoms with E-state index >= 15 is 0 Å². The Morgan fingerprint density at radius 2 is 2.29 bits per heavy atom. The molecule has 14 heavy (non-hydrogen) atoms. The van der Waals surface area contributed by atoms with E-state index < -0.39 is 18.2 Å². The summed E-state index contributed by atoms with van der Waals surface area (Å²) in [5, 5.41) is 0.0196. The van der Waals surface area contributed by atoms with E-state index in [2.05, 4.69) is 9.40 Å². The minimum atomic E-state index is -2.49. The minimum absolute atomic E-state index is 0.0665. The molecule has 5 heteroatoms. The molecule has 1 aromatic carbocycles. The molecule has 0 bridgehead atoms. The lowest BCUT2D eigenvalue weighted by Gasteiger charge is -1.99. The monoisotopic (exact) mass is 214 g/mol. The van der Waals surface area contributed by atoms with Crippen LogP contribution >= 0.6 is 11.6 Å². The summed E-state index contributed by atoms with van der Waals surface area (Å²) in [7, 11) is 0. The lowest BCUT2D eigenvalue weighted by Crippen LogP contribution is -2.14. The predicted octanol–water partition coefficient (Wildman–Crippen LogP) is 1.44. The fraction of sp³-hybridized carbons (Fsp3) is 0.111. The van der Waals surface area contributed by atoms with E-state index in [-0.39, 0.29) is 21.5 Å². The van der Waals surface area contributed by atoms with Crippen LogP contribution in [-0.2, 0) is 0 Å². The third-order valence-electron chi connectivity index (χ3n) is 1.74. The molecular weight excluding hydrogens is 206 g/mol. The van der Waals surface area contributed by atoms with Crippen LogP contribution in [0.15, 0.2) is 26.1 Å². The summed E-state index contributed by atoms with van der Waals surface area (Å²) < 4.78 is 26.2. The van der Waals surface area contributed by atoms with Crippen molar-refractivity contribution in [3.05, 3.63) is 43.7 Å². The van der Waals surface area contributed by atoms with Gasteiger partial charge in [-0.15, -0.1) is 0 Å². The summed E-state index contributed by atoms with van der Waals surface area (Å²) in [6.45, 7) is -2.49. The quantitative estimate of drug-likeness (QED) is 0.722. The summed E-state index contributed by atoms with van der Waals surface area (Å²) in [6, 6.07) is 2.43. The highest BCUT2D eigenvalue weighted by molar-refractivity contribution is 6.31. The Morgan fingerprint density at radius 1 is 1.50 bits per heavy atom. The SMILES string of the molecule is [2H]C([2H])([2H])c1cc(Cl)cc2c(=O)oc(=O)[nH]c12. The first-order valence-corrected chi connectivity index (χ1v) is 4.04. The van der Waals surface area contributed by atoms with Crippen LogP contribution in [0.2, 0.25) is 5.02 Å². The average molecular weight is 215 g/mol. The van der Waals surface area contributed by atoms with Crippen molar-refractivity contribution in [3.63, 3.8) is 0 Å². The molecule has 2 rings (SSSR count). The number of rotatable bonds is 0. The number of aromatic nitrogens is 1. The topological polar surface area (TPSA) is 63.1 Å². The van der Waals surface area contributed by atoms with Crippen molar-refractivity contribution in [1.29, 1.82) is 0 Å². The van der Waals surface area contributed by atoms with Gasteiger partial charge in [-0.3, -0.25) is 4.98 Å². The fourth-order valence-electron chi connectivity index (χ4n) is 1.17. The number of halogens is 1. The molecule has 0 atom stereocenters. The molecule has 0 saturated heterocycles. The van der Waals surface area contributed by atoms with Gasteiger partial charge in [0.25, 0.3) is 0 Å². The Labute approximate surface area is 87.3 Å². The zero-order valence-corrected chi connectivity index (χ0v) is 7.51. The zero-order valence-electron chi connectivity index (χ0n) is 9.76. The minimum Gasteiger partial charge on any atom is -0.372 e. The van der Waals surface area contributed by atoms with Crippen molar-refractivity contribution in [2.45, 2.75) is 6.85 Å². The second kappa shape index (κ2) is 2.99. The van der Waals surface area contributed by atoms with Crippen LogP contribution < -0.4 is 11.4 Å². The molecule has 1 aromatic heterocycles. The summed E-state index contributed by atoms with van der Waals surface area (Å²) in [5.41, 5.74) is -1.18. The largest absolute Gasteiger partial charge is 0.419 e. The van der Waals surface area contributed by atoms with Crippen molar-refractivity contribution < 1.29 is 8.53 Å². The molecule has 0 radical (unpaired) electrons. The van der Waals surface area contributed by atoms with Gasteiger partial charge in [-0.1, -0.05) is 11.6 Å².